The molecule has 0 radical (unpaired) electrons. The number of halogens is 2. The topological polar surface area (TPSA) is 84.6 Å². The second-order valence-electron chi connectivity index (χ2n) is 8.90. The fraction of sp³-hybridized carbons (Fsp3) is 0.417. The third kappa shape index (κ3) is 4.80. The van der Waals surface area contributed by atoms with E-state index >= 15 is 0 Å². The average Bonchev–Trinajstić information content (AvgIpc) is 2.73. The van der Waals surface area contributed by atoms with E-state index in [0.717, 1.165) is 0 Å². The Morgan fingerprint density at radius 2 is 1.97 bits per heavy atom. The highest BCUT2D eigenvalue weighted by Crippen LogP contribution is 2.33. The summed E-state index contributed by atoms with van der Waals surface area (Å²) in [6.07, 6.45) is 1.79. The van der Waals surface area contributed by atoms with Gasteiger partial charge < -0.3 is 19.5 Å². The average molecular weight is 463 g/mol. The van der Waals surface area contributed by atoms with E-state index in [1.807, 2.05) is 20.8 Å². The second-order valence-corrected chi connectivity index (χ2v) is 9.31. The van der Waals surface area contributed by atoms with Gasteiger partial charge in [-0.15, -0.1) is 0 Å². The monoisotopic (exact) mass is 462 g/mol. The van der Waals surface area contributed by atoms with Crippen LogP contribution in [0.4, 0.5) is 4.39 Å². The van der Waals surface area contributed by atoms with E-state index in [1.165, 1.54) is 6.07 Å². The molecule has 0 aliphatic rings. The highest BCUT2D eigenvalue weighted by molar-refractivity contribution is 6.30. The van der Waals surface area contributed by atoms with E-state index in [-0.39, 0.29) is 54.0 Å². The van der Waals surface area contributed by atoms with Crippen LogP contribution in [0.5, 0.6) is 5.88 Å². The van der Waals surface area contributed by atoms with Crippen LogP contribution >= 0.6 is 11.6 Å². The predicted octanol–water partition coefficient (Wildman–Crippen LogP) is 4.04. The third-order valence-corrected chi connectivity index (χ3v) is 5.76. The molecule has 0 amide bonds. The van der Waals surface area contributed by atoms with Gasteiger partial charge in [0.15, 0.2) is 5.43 Å². The Labute approximate surface area is 191 Å². The Hall–Kier alpha value is -2.48. The summed E-state index contributed by atoms with van der Waals surface area (Å²) in [6.45, 7) is 7.30. The summed E-state index contributed by atoms with van der Waals surface area (Å²) in [4.78, 5) is 17.6. The van der Waals surface area contributed by atoms with Gasteiger partial charge >= 0.3 is 0 Å². The summed E-state index contributed by atoms with van der Waals surface area (Å²) in [6, 6.07) is 6.02. The highest BCUT2D eigenvalue weighted by atomic mass is 35.5. The van der Waals surface area contributed by atoms with Crippen LogP contribution in [0.3, 0.4) is 0 Å². The number of benzene rings is 1. The van der Waals surface area contributed by atoms with Crippen LogP contribution in [0.1, 0.15) is 43.5 Å². The van der Waals surface area contributed by atoms with E-state index in [2.05, 4.69) is 4.98 Å². The summed E-state index contributed by atoms with van der Waals surface area (Å²) in [5.41, 5.74) is 1.18. The van der Waals surface area contributed by atoms with E-state index in [0.29, 0.717) is 27.7 Å². The highest BCUT2D eigenvalue weighted by Gasteiger charge is 2.28. The fourth-order valence-corrected chi connectivity index (χ4v) is 3.93. The summed E-state index contributed by atoms with van der Waals surface area (Å²) >= 11 is 5.93. The number of aryl methyl sites for hydroxylation is 1. The van der Waals surface area contributed by atoms with Crippen molar-refractivity contribution < 1.29 is 19.3 Å². The van der Waals surface area contributed by atoms with Crippen molar-refractivity contribution >= 4 is 22.6 Å². The molecular formula is C24H28ClFN2O4. The number of nitrogens with zero attached hydrogens (tertiary/aromatic N) is 2. The number of pyridine rings is 2. The first kappa shape index (κ1) is 24.2. The quantitative estimate of drug-likeness (QED) is 0.553. The van der Waals surface area contributed by atoms with Crippen LogP contribution in [-0.2, 0) is 6.42 Å². The lowest BCUT2D eigenvalue weighted by Gasteiger charge is -2.32. The molecule has 172 valence electrons. The molecule has 8 heteroatoms. The van der Waals surface area contributed by atoms with E-state index in [1.54, 1.807) is 35.9 Å². The minimum Gasteiger partial charge on any atom is -0.475 e. The van der Waals surface area contributed by atoms with Crippen molar-refractivity contribution in [3.63, 3.8) is 0 Å². The maximum absolute atomic E-state index is 14.5. The zero-order valence-electron chi connectivity index (χ0n) is 18.7. The van der Waals surface area contributed by atoms with Crippen molar-refractivity contribution in [2.45, 2.75) is 40.2 Å². The summed E-state index contributed by atoms with van der Waals surface area (Å²) < 4.78 is 22.0. The van der Waals surface area contributed by atoms with Crippen molar-refractivity contribution in [1.29, 1.82) is 0 Å². The first-order valence-electron chi connectivity index (χ1n) is 10.4. The number of aliphatic hydroxyl groups excluding tert-OH is 2. The fourth-order valence-electron chi connectivity index (χ4n) is 3.73. The largest absolute Gasteiger partial charge is 0.475 e. The van der Waals surface area contributed by atoms with Gasteiger partial charge in [0.2, 0.25) is 5.88 Å². The molecule has 2 N–H and O–H groups in total. The standard InChI is InChI=1S/C24H28ClFN2O4/c1-14-12-28(19(13-30)24(2,3)4)22-17(21(14)31)11-16(23(27-22)32-9-8-29)10-15-6-5-7-18(25)20(15)26/h5-7,11-12,19,29-30H,8-10,13H2,1-4H3/t19-/m1/s1. The normalized spacial score (nSPS) is 12.9. The number of hydrogen-bond donors (Lipinski definition) is 2. The van der Waals surface area contributed by atoms with Gasteiger partial charge in [0.1, 0.15) is 18.1 Å². The van der Waals surface area contributed by atoms with E-state index < -0.39 is 5.82 Å². The molecule has 2 aromatic heterocycles. The number of fused-ring (bicyclic) bond motifs is 1. The maximum atomic E-state index is 14.5. The zero-order chi connectivity index (χ0) is 23.6. The zero-order valence-corrected chi connectivity index (χ0v) is 19.4. The molecule has 3 aromatic rings. The Bertz CT molecular complexity index is 1190. The van der Waals surface area contributed by atoms with Gasteiger partial charge in [0.05, 0.1) is 29.7 Å². The van der Waals surface area contributed by atoms with Gasteiger partial charge in [0.25, 0.3) is 0 Å². The van der Waals surface area contributed by atoms with Crippen LogP contribution in [0.2, 0.25) is 5.02 Å². The van der Waals surface area contributed by atoms with Gasteiger partial charge in [0, 0.05) is 23.7 Å². The lowest BCUT2D eigenvalue weighted by atomic mass is 9.86. The first-order valence-corrected chi connectivity index (χ1v) is 10.8. The molecule has 0 spiro atoms. The van der Waals surface area contributed by atoms with E-state index in [9.17, 15) is 19.4 Å². The van der Waals surface area contributed by atoms with Crippen LogP contribution in [0.15, 0.2) is 35.3 Å². The molecule has 3 rings (SSSR count). The number of rotatable bonds is 7. The third-order valence-electron chi connectivity index (χ3n) is 5.47. The lowest BCUT2D eigenvalue weighted by molar-refractivity contribution is 0.139. The minimum absolute atomic E-state index is 0.00300. The Kier molecular flexibility index (Phi) is 7.22. The summed E-state index contributed by atoms with van der Waals surface area (Å²) in [7, 11) is 0. The molecule has 0 saturated heterocycles. The molecule has 32 heavy (non-hydrogen) atoms. The Morgan fingerprint density at radius 1 is 1.25 bits per heavy atom. The molecule has 0 fully saturated rings. The van der Waals surface area contributed by atoms with Gasteiger partial charge in [-0.1, -0.05) is 44.5 Å². The molecule has 2 heterocycles. The van der Waals surface area contributed by atoms with Crippen LogP contribution in [0.25, 0.3) is 11.0 Å². The van der Waals surface area contributed by atoms with Gasteiger partial charge in [-0.25, -0.2) is 4.39 Å². The Balaban J connectivity index is 2.28. The second kappa shape index (κ2) is 9.57. The molecule has 0 aliphatic heterocycles. The molecular weight excluding hydrogens is 435 g/mol. The van der Waals surface area contributed by atoms with Gasteiger partial charge in [-0.3, -0.25) is 4.79 Å². The minimum atomic E-state index is -0.544. The maximum Gasteiger partial charge on any atom is 0.218 e. The SMILES string of the molecule is Cc1cn([C@H](CO)C(C)(C)C)c2nc(OCCO)c(Cc3cccc(Cl)c3F)cc2c1=O. The Morgan fingerprint density at radius 3 is 2.59 bits per heavy atom. The number of ether oxygens (including phenoxy) is 1. The molecule has 0 bridgehead atoms. The van der Waals surface area contributed by atoms with Crippen molar-refractivity contribution in [2.24, 2.45) is 5.41 Å². The smallest absolute Gasteiger partial charge is 0.218 e. The number of aromatic nitrogens is 2. The van der Waals surface area contributed by atoms with Crippen LogP contribution < -0.4 is 10.2 Å². The lowest BCUT2D eigenvalue weighted by Crippen LogP contribution is -2.30. The molecule has 1 aromatic carbocycles. The van der Waals surface area contributed by atoms with Crippen molar-refractivity contribution in [3.8, 4) is 5.88 Å². The molecule has 0 saturated carbocycles. The van der Waals surface area contributed by atoms with Crippen molar-refractivity contribution in [1.82, 2.24) is 9.55 Å². The van der Waals surface area contributed by atoms with Crippen molar-refractivity contribution in [3.05, 3.63) is 68.2 Å². The van der Waals surface area contributed by atoms with Crippen LogP contribution in [0, 0.1) is 18.2 Å². The van der Waals surface area contributed by atoms with Gasteiger partial charge in [-0.05, 0) is 30.0 Å². The van der Waals surface area contributed by atoms with Crippen molar-refractivity contribution in [2.75, 3.05) is 19.8 Å². The number of hydrogen-bond acceptors (Lipinski definition) is 5. The van der Waals surface area contributed by atoms with Gasteiger partial charge in [-0.2, -0.15) is 4.98 Å². The molecule has 6 nitrogen and oxygen atoms in total. The molecule has 0 unspecified atom stereocenters. The first-order chi connectivity index (χ1) is 15.1. The van der Waals surface area contributed by atoms with Crippen LogP contribution in [-0.4, -0.2) is 39.6 Å². The molecule has 0 aliphatic carbocycles. The van der Waals surface area contributed by atoms with E-state index in [4.69, 9.17) is 16.3 Å². The predicted molar refractivity (Wildman–Crippen MR) is 123 cm³/mol. The summed E-state index contributed by atoms with van der Waals surface area (Å²) in [5, 5.41) is 19.7. The number of aliphatic hydroxyl groups is 2. The summed E-state index contributed by atoms with van der Waals surface area (Å²) in [5.74, 6) is -0.356. The molecule has 1 atom stereocenters.